The number of rotatable bonds is 4. The summed E-state index contributed by atoms with van der Waals surface area (Å²) in [5.74, 6) is 0. The van der Waals surface area contributed by atoms with Crippen LogP contribution in [-0.4, -0.2) is 22.8 Å². The van der Waals surface area contributed by atoms with E-state index in [0.717, 1.165) is 4.88 Å². The summed E-state index contributed by atoms with van der Waals surface area (Å²) in [6, 6.07) is 0. The summed E-state index contributed by atoms with van der Waals surface area (Å²) in [6.07, 6.45) is 1.68. The van der Waals surface area contributed by atoms with Gasteiger partial charge in [0.15, 0.2) is 0 Å². The zero-order chi connectivity index (χ0) is 7.23. The van der Waals surface area contributed by atoms with Crippen molar-refractivity contribution in [2.75, 3.05) is 13.2 Å². The fourth-order valence-corrected chi connectivity index (χ4v) is 1.00. The van der Waals surface area contributed by atoms with Gasteiger partial charge in [0.1, 0.15) is 6.67 Å². The molecule has 1 aromatic rings. The average Bonchev–Trinajstić information content (AvgIpc) is 2.41. The first-order valence-corrected chi connectivity index (χ1v) is 3.73. The van der Waals surface area contributed by atoms with Crippen LogP contribution in [0.25, 0.3) is 0 Å². The predicted molar refractivity (Wildman–Crippen MR) is 37.6 cm³/mol. The lowest BCUT2D eigenvalue weighted by Gasteiger charge is -1.94. The zero-order valence-corrected chi connectivity index (χ0v) is 6.20. The van der Waals surface area contributed by atoms with Crippen LogP contribution in [0.3, 0.4) is 0 Å². The van der Waals surface area contributed by atoms with Crippen molar-refractivity contribution in [3.63, 3.8) is 0 Å². The van der Waals surface area contributed by atoms with E-state index in [2.05, 4.69) is 14.9 Å². The number of hydrogen-bond acceptors (Lipinski definition) is 4. The molecule has 5 heteroatoms. The van der Waals surface area contributed by atoms with Gasteiger partial charge in [-0.1, -0.05) is 4.49 Å². The van der Waals surface area contributed by atoms with Crippen molar-refractivity contribution in [2.45, 2.75) is 6.54 Å². The Balaban J connectivity index is 2.15. The molecule has 0 saturated carbocycles. The number of nitrogens with one attached hydrogen (secondary N) is 1. The largest absolute Gasteiger partial charge is 0.309 e. The summed E-state index contributed by atoms with van der Waals surface area (Å²) in [5, 5.41) is 6.53. The Hall–Kier alpha value is -0.550. The van der Waals surface area contributed by atoms with Gasteiger partial charge in [-0.2, -0.15) is 0 Å². The second-order valence-corrected chi connectivity index (χ2v) is 2.62. The van der Waals surface area contributed by atoms with E-state index in [1.165, 1.54) is 11.5 Å². The molecule has 0 aliphatic heterocycles. The van der Waals surface area contributed by atoms with Crippen LogP contribution in [0.2, 0.25) is 0 Å². The van der Waals surface area contributed by atoms with E-state index in [-0.39, 0.29) is 6.67 Å². The van der Waals surface area contributed by atoms with Gasteiger partial charge in [0.25, 0.3) is 0 Å². The minimum atomic E-state index is -0.327. The van der Waals surface area contributed by atoms with E-state index >= 15 is 0 Å². The minimum Gasteiger partial charge on any atom is -0.309 e. The Kier molecular flexibility index (Phi) is 3.25. The van der Waals surface area contributed by atoms with Crippen molar-refractivity contribution in [3.8, 4) is 0 Å². The van der Waals surface area contributed by atoms with Crippen molar-refractivity contribution < 1.29 is 4.39 Å². The topological polar surface area (TPSA) is 37.8 Å². The molecule has 0 radical (unpaired) electrons. The highest BCUT2D eigenvalue weighted by atomic mass is 32.1. The summed E-state index contributed by atoms with van der Waals surface area (Å²) in [7, 11) is 0. The van der Waals surface area contributed by atoms with E-state index in [9.17, 15) is 4.39 Å². The normalized spacial score (nSPS) is 10.1. The van der Waals surface area contributed by atoms with E-state index in [1.807, 2.05) is 0 Å². The Morgan fingerprint density at radius 2 is 2.60 bits per heavy atom. The van der Waals surface area contributed by atoms with Crippen LogP contribution in [0.5, 0.6) is 0 Å². The molecule has 1 N–H and O–H groups in total. The Bertz CT molecular complexity index is 165. The third-order valence-electron chi connectivity index (χ3n) is 0.977. The standard InChI is InChI=1S/C5H8FN3S/c6-1-2-7-3-5-4-8-9-10-5/h4,7H,1-3H2. The number of hydrogen-bond donors (Lipinski definition) is 1. The van der Waals surface area contributed by atoms with Gasteiger partial charge in [-0.3, -0.25) is 0 Å². The number of aromatic nitrogens is 2. The SMILES string of the molecule is FCCNCc1cnns1. The lowest BCUT2D eigenvalue weighted by molar-refractivity contribution is 0.467. The third-order valence-corrected chi connectivity index (χ3v) is 1.64. The Morgan fingerprint density at radius 3 is 3.20 bits per heavy atom. The van der Waals surface area contributed by atoms with Crippen LogP contribution >= 0.6 is 11.5 Å². The maximum absolute atomic E-state index is 11.5. The Morgan fingerprint density at radius 1 is 1.70 bits per heavy atom. The summed E-state index contributed by atoms with van der Waals surface area (Å²) in [4.78, 5) is 1.04. The van der Waals surface area contributed by atoms with Gasteiger partial charge in [-0.25, -0.2) is 4.39 Å². The van der Waals surface area contributed by atoms with Gasteiger partial charge in [0.05, 0.1) is 11.1 Å². The van der Waals surface area contributed by atoms with Crippen molar-refractivity contribution in [1.29, 1.82) is 0 Å². The zero-order valence-electron chi connectivity index (χ0n) is 5.38. The van der Waals surface area contributed by atoms with E-state index in [0.29, 0.717) is 13.1 Å². The molecule has 1 rings (SSSR count). The van der Waals surface area contributed by atoms with Crippen LogP contribution in [-0.2, 0) is 6.54 Å². The summed E-state index contributed by atoms with van der Waals surface area (Å²) < 4.78 is 15.2. The molecule has 0 spiro atoms. The van der Waals surface area contributed by atoms with Gasteiger partial charge < -0.3 is 5.32 Å². The number of alkyl halides is 1. The number of nitrogens with zero attached hydrogens (tertiary/aromatic N) is 2. The molecular weight excluding hydrogens is 153 g/mol. The molecule has 56 valence electrons. The van der Waals surface area contributed by atoms with E-state index < -0.39 is 0 Å². The molecule has 0 unspecified atom stereocenters. The predicted octanol–water partition coefficient (Wildman–Crippen LogP) is 0.597. The summed E-state index contributed by atoms with van der Waals surface area (Å²) in [6.45, 7) is 0.742. The van der Waals surface area contributed by atoms with Crippen LogP contribution in [0.15, 0.2) is 6.20 Å². The maximum atomic E-state index is 11.5. The molecule has 0 amide bonds. The van der Waals surface area contributed by atoms with Crippen molar-refractivity contribution in [2.24, 2.45) is 0 Å². The summed E-state index contributed by atoms with van der Waals surface area (Å²) in [5.41, 5.74) is 0. The van der Waals surface area contributed by atoms with Gasteiger partial charge in [-0.05, 0) is 11.5 Å². The molecule has 0 aliphatic rings. The van der Waals surface area contributed by atoms with Crippen molar-refractivity contribution >= 4 is 11.5 Å². The van der Waals surface area contributed by atoms with Gasteiger partial charge in [0, 0.05) is 13.1 Å². The van der Waals surface area contributed by atoms with Crippen LogP contribution in [0.4, 0.5) is 4.39 Å². The molecule has 1 aromatic heterocycles. The van der Waals surface area contributed by atoms with Crippen LogP contribution in [0, 0.1) is 0 Å². The number of halogens is 1. The third kappa shape index (κ3) is 2.36. The van der Waals surface area contributed by atoms with Gasteiger partial charge in [0.2, 0.25) is 0 Å². The smallest absolute Gasteiger partial charge is 0.102 e. The monoisotopic (exact) mass is 161 g/mol. The second kappa shape index (κ2) is 4.29. The minimum absolute atomic E-state index is 0.327. The molecule has 0 saturated heterocycles. The highest BCUT2D eigenvalue weighted by Crippen LogP contribution is 1.99. The van der Waals surface area contributed by atoms with Crippen LogP contribution in [0.1, 0.15) is 4.88 Å². The first-order chi connectivity index (χ1) is 4.93. The van der Waals surface area contributed by atoms with E-state index in [4.69, 9.17) is 0 Å². The molecule has 0 fully saturated rings. The molecule has 0 aromatic carbocycles. The van der Waals surface area contributed by atoms with Crippen molar-refractivity contribution in [1.82, 2.24) is 14.9 Å². The molecular formula is C5H8FN3S. The quantitative estimate of drug-likeness (QED) is 0.657. The first kappa shape index (κ1) is 7.56. The van der Waals surface area contributed by atoms with Gasteiger partial charge in [-0.15, -0.1) is 5.10 Å². The van der Waals surface area contributed by atoms with Crippen LogP contribution < -0.4 is 5.32 Å². The molecule has 0 aliphatic carbocycles. The molecule has 10 heavy (non-hydrogen) atoms. The molecule has 0 atom stereocenters. The molecule has 0 bridgehead atoms. The lowest BCUT2D eigenvalue weighted by Crippen LogP contribution is -2.14. The Labute approximate surface area is 62.4 Å². The fraction of sp³-hybridized carbons (Fsp3) is 0.600. The molecule has 1 heterocycles. The fourth-order valence-electron chi connectivity index (χ4n) is 0.544. The summed E-state index contributed by atoms with van der Waals surface area (Å²) >= 11 is 1.33. The first-order valence-electron chi connectivity index (χ1n) is 2.96. The molecule has 3 nitrogen and oxygen atoms in total. The van der Waals surface area contributed by atoms with Gasteiger partial charge >= 0.3 is 0 Å². The van der Waals surface area contributed by atoms with E-state index in [1.54, 1.807) is 6.20 Å². The maximum Gasteiger partial charge on any atom is 0.102 e. The average molecular weight is 161 g/mol. The highest BCUT2D eigenvalue weighted by molar-refractivity contribution is 7.05. The van der Waals surface area contributed by atoms with Crippen molar-refractivity contribution in [3.05, 3.63) is 11.1 Å². The second-order valence-electron chi connectivity index (χ2n) is 1.75. The highest BCUT2D eigenvalue weighted by Gasteiger charge is 1.92. The lowest BCUT2D eigenvalue weighted by atomic mass is 10.5.